The molecule has 1 aromatic heterocycles. The van der Waals surface area contributed by atoms with E-state index >= 15 is 0 Å². The minimum Gasteiger partial charge on any atom is -0.486 e. The van der Waals surface area contributed by atoms with Crippen molar-refractivity contribution >= 4 is 16.8 Å². The number of aliphatic hydroxyl groups excluding tert-OH is 1. The van der Waals surface area contributed by atoms with E-state index in [0.29, 0.717) is 17.7 Å². The number of benzene rings is 3. The number of para-hydroxylation sites is 1. The maximum Gasteiger partial charge on any atom is 0.255 e. The fourth-order valence-corrected chi connectivity index (χ4v) is 4.20. The Morgan fingerprint density at radius 3 is 2.56 bits per heavy atom. The molecule has 0 unspecified atom stereocenters. The lowest BCUT2D eigenvalue weighted by Gasteiger charge is -2.23. The van der Waals surface area contributed by atoms with Crippen LogP contribution in [0.25, 0.3) is 22.0 Å². The number of fused-ring (bicyclic) bond motifs is 2. The number of aromatic amines is 1. The van der Waals surface area contributed by atoms with E-state index < -0.39 is 23.6 Å². The van der Waals surface area contributed by atoms with Gasteiger partial charge in [-0.15, -0.1) is 0 Å². The fraction of sp³-hybridized carbons (Fsp3) is 0.192. The molecule has 0 saturated carbocycles. The zero-order valence-electron chi connectivity index (χ0n) is 18.1. The molecule has 1 aliphatic heterocycles. The van der Waals surface area contributed by atoms with Gasteiger partial charge in [-0.2, -0.15) is 0 Å². The zero-order chi connectivity index (χ0) is 23.7. The molecule has 8 heteroatoms. The summed E-state index contributed by atoms with van der Waals surface area (Å²) < 4.78 is 39.0. The molecule has 2 heterocycles. The Morgan fingerprint density at radius 2 is 1.76 bits per heavy atom. The van der Waals surface area contributed by atoms with Crippen molar-refractivity contribution in [2.75, 3.05) is 19.8 Å². The molecular formula is C26H22F2N2O4. The topological polar surface area (TPSA) is 83.6 Å². The predicted molar refractivity (Wildman–Crippen MR) is 123 cm³/mol. The van der Waals surface area contributed by atoms with Gasteiger partial charge in [0.15, 0.2) is 11.5 Å². The van der Waals surface area contributed by atoms with Crippen LogP contribution in [-0.2, 0) is 6.42 Å². The Labute approximate surface area is 194 Å². The van der Waals surface area contributed by atoms with E-state index in [1.807, 2.05) is 30.5 Å². The number of hydrogen-bond acceptors (Lipinski definition) is 4. The number of ether oxygens (including phenoxy) is 2. The molecule has 34 heavy (non-hydrogen) atoms. The molecule has 1 aliphatic rings. The summed E-state index contributed by atoms with van der Waals surface area (Å²) in [4.78, 5) is 16.5. The molecule has 5 rings (SSSR count). The van der Waals surface area contributed by atoms with Crippen LogP contribution in [0.15, 0.2) is 60.8 Å². The summed E-state index contributed by atoms with van der Waals surface area (Å²) in [6.45, 7) is 0.272. The highest BCUT2D eigenvalue weighted by atomic mass is 19.1. The molecular weight excluding hydrogens is 442 g/mol. The van der Waals surface area contributed by atoms with E-state index in [0.717, 1.165) is 22.5 Å². The van der Waals surface area contributed by atoms with Gasteiger partial charge in [-0.25, -0.2) is 8.78 Å². The van der Waals surface area contributed by atoms with Crippen molar-refractivity contribution in [1.29, 1.82) is 0 Å². The van der Waals surface area contributed by atoms with Crippen molar-refractivity contribution in [1.82, 2.24) is 10.3 Å². The molecule has 6 nitrogen and oxygen atoms in total. The van der Waals surface area contributed by atoms with Crippen LogP contribution in [0.5, 0.6) is 11.5 Å². The monoisotopic (exact) mass is 464 g/mol. The molecule has 4 aromatic rings. The number of carbonyl (C=O) groups excluding carboxylic acids is 1. The number of halogens is 2. The Kier molecular flexibility index (Phi) is 5.90. The first-order valence-electron chi connectivity index (χ1n) is 10.9. The van der Waals surface area contributed by atoms with Gasteiger partial charge in [0.2, 0.25) is 0 Å². The first-order valence-corrected chi connectivity index (χ1v) is 10.9. The summed E-state index contributed by atoms with van der Waals surface area (Å²) in [6, 6.07) is 13.5. The van der Waals surface area contributed by atoms with Crippen LogP contribution in [0.2, 0.25) is 0 Å². The van der Waals surface area contributed by atoms with Crippen LogP contribution in [0, 0.1) is 11.6 Å². The van der Waals surface area contributed by atoms with Crippen LogP contribution in [0.1, 0.15) is 15.9 Å². The number of carbonyl (C=O) groups is 1. The summed E-state index contributed by atoms with van der Waals surface area (Å²) in [7, 11) is 0. The van der Waals surface area contributed by atoms with Gasteiger partial charge in [0, 0.05) is 23.2 Å². The Hall–Kier alpha value is -3.91. The Balaban J connectivity index is 1.46. The normalized spacial score (nSPS) is 13.6. The van der Waals surface area contributed by atoms with Gasteiger partial charge in [0.1, 0.15) is 24.8 Å². The average Bonchev–Trinajstić information content (AvgIpc) is 3.25. The summed E-state index contributed by atoms with van der Waals surface area (Å²) in [6.07, 6.45) is 2.26. The van der Waals surface area contributed by atoms with Gasteiger partial charge in [0.05, 0.1) is 18.2 Å². The van der Waals surface area contributed by atoms with Crippen molar-refractivity contribution in [2.45, 2.75) is 12.5 Å². The van der Waals surface area contributed by atoms with Crippen molar-refractivity contribution in [3.05, 3.63) is 83.6 Å². The highest BCUT2D eigenvalue weighted by molar-refractivity contribution is 5.99. The minimum atomic E-state index is -0.727. The third kappa shape index (κ3) is 4.32. The number of aromatic nitrogens is 1. The van der Waals surface area contributed by atoms with Gasteiger partial charge in [-0.05, 0) is 53.4 Å². The molecule has 174 valence electrons. The van der Waals surface area contributed by atoms with E-state index in [-0.39, 0.29) is 36.7 Å². The predicted octanol–water partition coefficient (Wildman–Crippen LogP) is 4.22. The second kappa shape index (κ2) is 9.15. The maximum atomic E-state index is 13.8. The van der Waals surface area contributed by atoms with Crippen LogP contribution in [0.3, 0.4) is 0 Å². The van der Waals surface area contributed by atoms with Crippen LogP contribution < -0.4 is 14.8 Å². The summed E-state index contributed by atoms with van der Waals surface area (Å²) in [5, 5.41) is 13.8. The van der Waals surface area contributed by atoms with Gasteiger partial charge in [0.25, 0.3) is 5.91 Å². The van der Waals surface area contributed by atoms with Crippen LogP contribution >= 0.6 is 0 Å². The first kappa shape index (κ1) is 21.9. The number of hydrogen-bond donors (Lipinski definition) is 3. The largest absolute Gasteiger partial charge is 0.486 e. The second-order valence-corrected chi connectivity index (χ2v) is 8.12. The molecule has 1 atom stereocenters. The highest BCUT2D eigenvalue weighted by Gasteiger charge is 2.25. The summed E-state index contributed by atoms with van der Waals surface area (Å²) in [5.74, 6) is -1.37. The SMILES string of the molecule is O=C(N[C@@H](CO)Cc1c[nH]c2ccccc12)c1cc(-c2cc(F)cc(F)c2)cc2c1OCCO2. The molecule has 3 N–H and O–H groups in total. The first-order chi connectivity index (χ1) is 16.5. The standard InChI is InChI=1S/C26H22F2N2O4/c27-18-7-15(8-19(28)12-18)16-10-22(25-24(11-16)33-5-6-34-25)26(32)30-20(14-31)9-17-13-29-23-4-2-1-3-21(17)23/h1-4,7-8,10-13,20,29,31H,5-6,9,14H2,(H,30,32)/t20-/m1/s1. The highest BCUT2D eigenvalue weighted by Crippen LogP contribution is 2.39. The smallest absolute Gasteiger partial charge is 0.255 e. The number of nitrogens with one attached hydrogen (secondary N) is 2. The molecule has 0 spiro atoms. The quantitative estimate of drug-likeness (QED) is 0.399. The fourth-order valence-electron chi connectivity index (χ4n) is 4.20. The minimum absolute atomic E-state index is 0.161. The van der Waals surface area contributed by atoms with Crippen molar-refractivity contribution in [2.24, 2.45) is 0 Å². The lowest BCUT2D eigenvalue weighted by Crippen LogP contribution is -2.39. The number of H-pyrrole nitrogens is 1. The van der Waals surface area contributed by atoms with Gasteiger partial charge in [-0.3, -0.25) is 4.79 Å². The maximum absolute atomic E-state index is 13.8. The molecule has 0 bridgehead atoms. The molecule has 0 fully saturated rings. The van der Waals surface area contributed by atoms with Gasteiger partial charge < -0.3 is 24.9 Å². The summed E-state index contributed by atoms with van der Waals surface area (Å²) >= 11 is 0. The lowest BCUT2D eigenvalue weighted by atomic mass is 10.00. The number of amides is 1. The molecule has 0 radical (unpaired) electrons. The Bertz CT molecular complexity index is 1350. The summed E-state index contributed by atoms with van der Waals surface area (Å²) in [5.41, 5.74) is 2.76. The molecule has 1 amide bonds. The van der Waals surface area contributed by atoms with Crippen molar-refractivity contribution in [3.63, 3.8) is 0 Å². The van der Waals surface area contributed by atoms with Crippen LogP contribution in [0.4, 0.5) is 8.78 Å². The molecule has 0 aliphatic carbocycles. The van der Waals surface area contributed by atoms with Gasteiger partial charge in [-0.1, -0.05) is 18.2 Å². The van der Waals surface area contributed by atoms with E-state index in [1.165, 1.54) is 18.2 Å². The van der Waals surface area contributed by atoms with E-state index in [2.05, 4.69) is 10.3 Å². The van der Waals surface area contributed by atoms with Crippen LogP contribution in [-0.4, -0.2) is 41.9 Å². The van der Waals surface area contributed by atoms with Crippen molar-refractivity contribution in [3.8, 4) is 22.6 Å². The number of aliphatic hydroxyl groups is 1. The van der Waals surface area contributed by atoms with Crippen molar-refractivity contribution < 1.29 is 28.2 Å². The van der Waals surface area contributed by atoms with E-state index in [1.54, 1.807) is 6.07 Å². The third-order valence-corrected chi connectivity index (χ3v) is 5.78. The Morgan fingerprint density at radius 1 is 1.03 bits per heavy atom. The van der Waals surface area contributed by atoms with E-state index in [4.69, 9.17) is 9.47 Å². The van der Waals surface area contributed by atoms with Gasteiger partial charge >= 0.3 is 0 Å². The molecule has 3 aromatic carbocycles. The van der Waals surface area contributed by atoms with E-state index in [9.17, 15) is 18.7 Å². The average molecular weight is 464 g/mol. The number of rotatable bonds is 6. The zero-order valence-corrected chi connectivity index (χ0v) is 18.1. The third-order valence-electron chi connectivity index (χ3n) is 5.78. The second-order valence-electron chi connectivity index (χ2n) is 8.12. The molecule has 0 saturated heterocycles. The lowest BCUT2D eigenvalue weighted by molar-refractivity contribution is 0.0906.